The van der Waals surface area contributed by atoms with Gasteiger partial charge in [-0.1, -0.05) is 0 Å². The summed E-state index contributed by atoms with van der Waals surface area (Å²) in [6, 6.07) is 2.22. The van der Waals surface area contributed by atoms with Crippen LogP contribution in [0.15, 0.2) is 29.5 Å². The zero-order valence-corrected chi connectivity index (χ0v) is 10.1. The number of rotatable bonds is 1. The molecule has 0 saturated heterocycles. The van der Waals surface area contributed by atoms with Crippen molar-refractivity contribution in [3.8, 4) is 11.1 Å². The molecule has 4 nitrogen and oxygen atoms in total. The van der Waals surface area contributed by atoms with Gasteiger partial charge in [0.25, 0.3) is 0 Å². The summed E-state index contributed by atoms with van der Waals surface area (Å²) < 4.78 is 38.8. The van der Waals surface area contributed by atoms with Gasteiger partial charge in [-0.05, 0) is 23.3 Å². The zero-order chi connectivity index (χ0) is 14.3. The number of nitrogens with two attached hydrogens (primary N) is 1. The highest BCUT2D eigenvalue weighted by atomic mass is 19.4. The SMILES string of the molecule is Nc1ncc(-c2cc(C(F)(F)F)cc3c2C=NC3)cn1. The first-order valence-corrected chi connectivity index (χ1v) is 5.77. The molecule has 0 aliphatic carbocycles. The van der Waals surface area contributed by atoms with Crippen LogP contribution in [-0.4, -0.2) is 16.2 Å². The Hall–Kier alpha value is -2.44. The molecule has 0 fully saturated rings. The molecular formula is C13H9F3N4. The van der Waals surface area contributed by atoms with Crippen molar-refractivity contribution in [3.63, 3.8) is 0 Å². The van der Waals surface area contributed by atoms with Gasteiger partial charge >= 0.3 is 6.18 Å². The number of hydrogen-bond acceptors (Lipinski definition) is 4. The van der Waals surface area contributed by atoms with Crippen LogP contribution in [-0.2, 0) is 12.7 Å². The van der Waals surface area contributed by atoms with Gasteiger partial charge in [0, 0.05) is 29.7 Å². The number of anilines is 1. The number of aliphatic imine (C=N–C) groups is 1. The summed E-state index contributed by atoms with van der Waals surface area (Å²) in [6.07, 6.45) is -0.0171. The molecule has 2 heterocycles. The number of hydrogen-bond donors (Lipinski definition) is 1. The second-order valence-corrected chi connectivity index (χ2v) is 4.39. The molecule has 20 heavy (non-hydrogen) atoms. The van der Waals surface area contributed by atoms with E-state index in [2.05, 4.69) is 15.0 Å². The Morgan fingerprint density at radius 3 is 2.45 bits per heavy atom. The van der Waals surface area contributed by atoms with Crippen molar-refractivity contribution >= 4 is 12.2 Å². The lowest BCUT2D eigenvalue weighted by Gasteiger charge is -2.13. The Labute approximate surface area is 112 Å². The fourth-order valence-corrected chi connectivity index (χ4v) is 2.11. The summed E-state index contributed by atoms with van der Waals surface area (Å²) in [5, 5.41) is 0. The van der Waals surface area contributed by atoms with Gasteiger partial charge in [-0.25, -0.2) is 9.97 Å². The van der Waals surface area contributed by atoms with Crippen molar-refractivity contribution in [1.29, 1.82) is 0 Å². The molecule has 1 aliphatic heterocycles. The molecule has 1 aliphatic rings. The highest BCUT2D eigenvalue weighted by Crippen LogP contribution is 2.36. The molecule has 102 valence electrons. The standard InChI is InChI=1S/C13H9F3N4/c14-13(15,16)9-1-7-3-18-6-11(7)10(2-9)8-4-19-12(17)20-5-8/h1-2,4-6H,3H2,(H2,17,19,20). The van der Waals surface area contributed by atoms with Gasteiger partial charge in [-0.2, -0.15) is 13.2 Å². The fourth-order valence-electron chi connectivity index (χ4n) is 2.11. The maximum Gasteiger partial charge on any atom is 0.416 e. The molecule has 0 atom stereocenters. The smallest absolute Gasteiger partial charge is 0.368 e. The van der Waals surface area contributed by atoms with E-state index in [1.54, 1.807) is 6.21 Å². The van der Waals surface area contributed by atoms with E-state index in [-0.39, 0.29) is 12.5 Å². The second-order valence-electron chi connectivity index (χ2n) is 4.39. The van der Waals surface area contributed by atoms with Gasteiger partial charge in [0.2, 0.25) is 5.95 Å². The third-order valence-corrected chi connectivity index (χ3v) is 3.06. The van der Waals surface area contributed by atoms with Gasteiger partial charge in [0.05, 0.1) is 12.1 Å². The Kier molecular flexibility index (Phi) is 2.70. The third kappa shape index (κ3) is 2.11. The first-order chi connectivity index (χ1) is 9.45. The van der Waals surface area contributed by atoms with Gasteiger partial charge in [-0.3, -0.25) is 4.99 Å². The molecule has 0 radical (unpaired) electrons. The normalized spacial score (nSPS) is 13.6. The summed E-state index contributed by atoms with van der Waals surface area (Å²) in [5.74, 6) is 0.0750. The van der Waals surface area contributed by atoms with Crippen LogP contribution >= 0.6 is 0 Å². The Balaban J connectivity index is 2.21. The van der Waals surface area contributed by atoms with E-state index in [0.29, 0.717) is 22.3 Å². The van der Waals surface area contributed by atoms with Crippen LogP contribution < -0.4 is 5.73 Å². The van der Waals surface area contributed by atoms with Crippen LogP contribution in [0.3, 0.4) is 0 Å². The zero-order valence-electron chi connectivity index (χ0n) is 10.1. The van der Waals surface area contributed by atoms with E-state index < -0.39 is 11.7 Å². The Bertz CT molecular complexity index is 690. The van der Waals surface area contributed by atoms with Crippen molar-refractivity contribution in [2.24, 2.45) is 4.99 Å². The number of benzene rings is 1. The molecular weight excluding hydrogens is 269 g/mol. The van der Waals surface area contributed by atoms with E-state index in [1.807, 2.05) is 0 Å². The van der Waals surface area contributed by atoms with Crippen LogP contribution in [0.2, 0.25) is 0 Å². The highest BCUT2D eigenvalue weighted by Gasteiger charge is 2.32. The molecule has 0 unspecified atom stereocenters. The van der Waals surface area contributed by atoms with E-state index in [9.17, 15) is 13.2 Å². The maximum absolute atomic E-state index is 12.9. The number of aromatic nitrogens is 2. The lowest BCUT2D eigenvalue weighted by molar-refractivity contribution is -0.137. The van der Waals surface area contributed by atoms with Crippen molar-refractivity contribution in [3.05, 3.63) is 41.2 Å². The lowest BCUT2D eigenvalue weighted by atomic mass is 9.95. The highest BCUT2D eigenvalue weighted by molar-refractivity contribution is 5.94. The third-order valence-electron chi connectivity index (χ3n) is 3.06. The molecule has 3 rings (SSSR count). The van der Waals surface area contributed by atoms with E-state index in [1.165, 1.54) is 12.4 Å². The molecule has 7 heteroatoms. The predicted molar refractivity (Wildman–Crippen MR) is 68.2 cm³/mol. The van der Waals surface area contributed by atoms with E-state index in [0.717, 1.165) is 12.1 Å². The van der Waals surface area contributed by atoms with Crippen LogP contribution in [0.4, 0.5) is 19.1 Å². The quantitative estimate of drug-likeness (QED) is 0.872. The summed E-state index contributed by atoms with van der Waals surface area (Å²) in [7, 11) is 0. The second kappa shape index (κ2) is 4.29. The number of nitrogen functional groups attached to an aromatic ring is 1. The lowest BCUT2D eigenvalue weighted by Crippen LogP contribution is -2.07. The van der Waals surface area contributed by atoms with E-state index in [4.69, 9.17) is 5.73 Å². The molecule has 1 aromatic heterocycles. The number of halogens is 3. The van der Waals surface area contributed by atoms with Gasteiger partial charge < -0.3 is 5.73 Å². The van der Waals surface area contributed by atoms with Crippen LogP contribution in [0.25, 0.3) is 11.1 Å². The monoisotopic (exact) mass is 278 g/mol. The number of nitrogens with zero attached hydrogens (tertiary/aromatic N) is 3. The van der Waals surface area contributed by atoms with Crippen LogP contribution in [0.5, 0.6) is 0 Å². The van der Waals surface area contributed by atoms with Crippen molar-refractivity contribution in [2.75, 3.05) is 5.73 Å². The molecule has 0 amide bonds. The number of alkyl halides is 3. The maximum atomic E-state index is 12.9. The largest absolute Gasteiger partial charge is 0.416 e. The molecule has 1 aromatic carbocycles. The summed E-state index contributed by atoms with van der Waals surface area (Å²) in [4.78, 5) is 11.6. The average Bonchev–Trinajstić information content (AvgIpc) is 2.85. The number of fused-ring (bicyclic) bond motifs is 1. The van der Waals surface area contributed by atoms with Crippen molar-refractivity contribution < 1.29 is 13.2 Å². The Morgan fingerprint density at radius 2 is 1.80 bits per heavy atom. The minimum absolute atomic E-state index is 0.0750. The van der Waals surface area contributed by atoms with Crippen molar-refractivity contribution in [1.82, 2.24) is 9.97 Å². The van der Waals surface area contributed by atoms with Crippen molar-refractivity contribution in [2.45, 2.75) is 12.7 Å². The van der Waals surface area contributed by atoms with E-state index >= 15 is 0 Å². The fraction of sp³-hybridized carbons (Fsp3) is 0.154. The van der Waals surface area contributed by atoms with Gasteiger partial charge in [0.15, 0.2) is 0 Å². The predicted octanol–water partition coefficient (Wildman–Crippen LogP) is 2.68. The minimum Gasteiger partial charge on any atom is -0.368 e. The molecule has 0 saturated carbocycles. The topological polar surface area (TPSA) is 64.2 Å². The molecule has 2 N–H and O–H groups in total. The van der Waals surface area contributed by atoms with Crippen LogP contribution in [0, 0.1) is 0 Å². The first kappa shape index (κ1) is 12.6. The van der Waals surface area contributed by atoms with Gasteiger partial charge in [0.1, 0.15) is 0 Å². The molecule has 0 spiro atoms. The molecule has 0 bridgehead atoms. The average molecular weight is 278 g/mol. The minimum atomic E-state index is -4.40. The summed E-state index contributed by atoms with van der Waals surface area (Å²) in [6.45, 7) is 0.252. The summed E-state index contributed by atoms with van der Waals surface area (Å²) in [5.41, 5.74) is 6.80. The first-order valence-electron chi connectivity index (χ1n) is 5.77. The molecule has 2 aromatic rings. The van der Waals surface area contributed by atoms with Gasteiger partial charge in [-0.15, -0.1) is 0 Å². The van der Waals surface area contributed by atoms with Crippen LogP contribution in [0.1, 0.15) is 16.7 Å². The Morgan fingerprint density at radius 1 is 1.10 bits per heavy atom. The summed E-state index contributed by atoms with van der Waals surface area (Å²) >= 11 is 0.